The molecule has 2 bridgehead atoms. The van der Waals surface area contributed by atoms with Gasteiger partial charge in [-0.05, 0) is 37.3 Å². The largest absolute Gasteiger partial charge is 0.433 e. The Labute approximate surface area is 138 Å². The van der Waals surface area contributed by atoms with E-state index in [1.807, 2.05) is 0 Å². The Morgan fingerprint density at radius 3 is 2.40 bits per heavy atom. The standard InChI is InChI=1S/C14H14F6N4O/c15-13(16,17)7-4-9(14(18,19)20)22-10(5-7)24-8-2-1-6(3-8)11(24)12(21)23-25/h4-6,8,11,25H,1-3H2,(H2,21,23)/t6-,8+,11-/m0/s1. The van der Waals surface area contributed by atoms with Crippen molar-refractivity contribution >= 4 is 11.7 Å². The van der Waals surface area contributed by atoms with E-state index in [0.717, 1.165) is 0 Å². The van der Waals surface area contributed by atoms with Gasteiger partial charge in [-0.25, -0.2) is 4.98 Å². The number of amidine groups is 1. The molecule has 138 valence electrons. The van der Waals surface area contributed by atoms with Crippen LogP contribution in [0.1, 0.15) is 30.5 Å². The van der Waals surface area contributed by atoms with Crippen molar-refractivity contribution in [1.29, 1.82) is 0 Å². The summed E-state index contributed by atoms with van der Waals surface area (Å²) in [5.41, 5.74) is 2.56. The van der Waals surface area contributed by atoms with Crippen LogP contribution < -0.4 is 10.6 Å². The van der Waals surface area contributed by atoms with E-state index in [9.17, 15) is 26.3 Å². The molecule has 1 aliphatic heterocycles. The SMILES string of the molecule is N/C(=N\O)[C@@H]1[C@H]2CC[C@H](C2)N1c1cc(C(F)(F)F)cc(C(F)(F)F)n1. The monoisotopic (exact) mass is 368 g/mol. The molecule has 1 saturated heterocycles. The lowest BCUT2D eigenvalue weighted by atomic mass is 9.97. The highest BCUT2D eigenvalue weighted by molar-refractivity contribution is 5.89. The third-order valence-electron chi connectivity index (χ3n) is 4.70. The van der Waals surface area contributed by atoms with E-state index in [4.69, 9.17) is 10.9 Å². The number of pyridine rings is 1. The van der Waals surface area contributed by atoms with Crippen molar-refractivity contribution in [3.8, 4) is 0 Å². The summed E-state index contributed by atoms with van der Waals surface area (Å²) < 4.78 is 78.1. The molecule has 1 aliphatic carbocycles. The van der Waals surface area contributed by atoms with Crippen molar-refractivity contribution in [2.45, 2.75) is 43.7 Å². The molecule has 3 N–H and O–H groups in total. The van der Waals surface area contributed by atoms with Gasteiger partial charge in [0.05, 0.1) is 11.6 Å². The zero-order valence-corrected chi connectivity index (χ0v) is 12.6. The maximum Gasteiger partial charge on any atom is 0.433 e. The number of aromatic nitrogens is 1. The first-order valence-corrected chi connectivity index (χ1v) is 7.44. The van der Waals surface area contributed by atoms with Crippen LogP contribution in [0.4, 0.5) is 32.2 Å². The maximum atomic E-state index is 13.0. The van der Waals surface area contributed by atoms with Crippen LogP contribution in [-0.2, 0) is 12.4 Å². The van der Waals surface area contributed by atoms with Gasteiger partial charge in [-0.15, -0.1) is 0 Å². The lowest BCUT2D eigenvalue weighted by Crippen LogP contribution is -2.49. The number of nitrogens with two attached hydrogens (primary N) is 1. The van der Waals surface area contributed by atoms with Gasteiger partial charge in [0.25, 0.3) is 0 Å². The van der Waals surface area contributed by atoms with Gasteiger partial charge < -0.3 is 15.8 Å². The predicted octanol–water partition coefficient (Wildman–Crippen LogP) is 3.22. The van der Waals surface area contributed by atoms with Gasteiger partial charge in [-0.3, -0.25) is 0 Å². The fourth-order valence-corrected chi connectivity index (χ4v) is 3.72. The third-order valence-corrected chi connectivity index (χ3v) is 4.70. The first kappa shape index (κ1) is 17.6. The fraction of sp³-hybridized carbons (Fsp3) is 0.571. The van der Waals surface area contributed by atoms with Gasteiger partial charge in [0, 0.05) is 6.04 Å². The fourth-order valence-electron chi connectivity index (χ4n) is 3.72. The van der Waals surface area contributed by atoms with Crippen LogP contribution in [0.15, 0.2) is 17.3 Å². The summed E-state index contributed by atoms with van der Waals surface area (Å²) in [6, 6.07) is -0.516. The van der Waals surface area contributed by atoms with Crippen LogP contribution in [0.25, 0.3) is 0 Å². The second kappa shape index (κ2) is 5.67. The molecule has 0 aromatic carbocycles. The van der Waals surface area contributed by atoms with Crippen LogP contribution in [0.5, 0.6) is 0 Å². The van der Waals surface area contributed by atoms with Gasteiger partial charge >= 0.3 is 12.4 Å². The zero-order chi connectivity index (χ0) is 18.6. The van der Waals surface area contributed by atoms with Crippen LogP contribution in [0.2, 0.25) is 0 Å². The van der Waals surface area contributed by atoms with Crippen LogP contribution in [0, 0.1) is 5.92 Å². The highest BCUT2D eigenvalue weighted by Gasteiger charge is 2.49. The van der Waals surface area contributed by atoms with E-state index in [1.165, 1.54) is 4.90 Å². The molecule has 0 spiro atoms. The Morgan fingerprint density at radius 2 is 1.84 bits per heavy atom. The number of anilines is 1. The number of rotatable bonds is 2. The van der Waals surface area contributed by atoms with Crippen LogP contribution in [0.3, 0.4) is 0 Å². The summed E-state index contributed by atoms with van der Waals surface area (Å²) in [5, 5.41) is 11.8. The number of nitrogens with zero attached hydrogens (tertiary/aromatic N) is 3. The molecule has 2 fully saturated rings. The molecular weight excluding hydrogens is 354 g/mol. The molecule has 1 saturated carbocycles. The summed E-state index contributed by atoms with van der Waals surface area (Å²) in [4.78, 5) is 4.71. The average molecular weight is 368 g/mol. The molecule has 25 heavy (non-hydrogen) atoms. The van der Waals surface area contributed by atoms with E-state index in [2.05, 4.69) is 10.1 Å². The van der Waals surface area contributed by atoms with Crippen molar-refractivity contribution in [3.63, 3.8) is 0 Å². The zero-order valence-electron chi connectivity index (χ0n) is 12.6. The lowest BCUT2D eigenvalue weighted by molar-refractivity contribution is -0.145. The number of oxime groups is 1. The Hall–Kier alpha value is -2.20. The van der Waals surface area contributed by atoms with Crippen molar-refractivity contribution in [2.75, 3.05) is 4.90 Å². The molecule has 2 aliphatic rings. The van der Waals surface area contributed by atoms with Crippen LogP contribution in [-0.4, -0.2) is 28.1 Å². The number of hydrogen-bond acceptors (Lipinski definition) is 4. The van der Waals surface area contributed by atoms with Gasteiger partial charge in [-0.2, -0.15) is 26.3 Å². The predicted molar refractivity (Wildman–Crippen MR) is 75.0 cm³/mol. The topological polar surface area (TPSA) is 74.7 Å². The quantitative estimate of drug-likeness (QED) is 0.276. The smallest absolute Gasteiger partial charge is 0.409 e. The Morgan fingerprint density at radius 1 is 1.16 bits per heavy atom. The van der Waals surface area contributed by atoms with Crippen molar-refractivity contribution < 1.29 is 31.5 Å². The molecule has 5 nitrogen and oxygen atoms in total. The normalized spacial score (nSPS) is 27.2. The molecule has 3 rings (SSSR count). The first-order chi connectivity index (χ1) is 11.5. The molecule has 0 unspecified atom stereocenters. The molecule has 0 radical (unpaired) electrons. The minimum absolute atomic E-state index is 0.0175. The molecule has 1 aromatic heterocycles. The molecule has 2 heterocycles. The second-order valence-electron chi connectivity index (χ2n) is 6.20. The van der Waals surface area contributed by atoms with Gasteiger partial charge in [-0.1, -0.05) is 5.16 Å². The van der Waals surface area contributed by atoms with E-state index in [-0.39, 0.29) is 23.9 Å². The molecule has 11 heteroatoms. The minimum Gasteiger partial charge on any atom is -0.409 e. The summed E-state index contributed by atoms with van der Waals surface area (Å²) in [6.07, 6.45) is -8.14. The summed E-state index contributed by atoms with van der Waals surface area (Å²) >= 11 is 0. The summed E-state index contributed by atoms with van der Waals surface area (Å²) in [7, 11) is 0. The van der Waals surface area contributed by atoms with E-state index in [1.54, 1.807) is 0 Å². The number of fused-ring (bicyclic) bond motifs is 2. The van der Waals surface area contributed by atoms with E-state index >= 15 is 0 Å². The Balaban J connectivity index is 2.12. The van der Waals surface area contributed by atoms with Crippen molar-refractivity contribution in [1.82, 2.24) is 4.98 Å². The van der Waals surface area contributed by atoms with E-state index in [0.29, 0.717) is 25.3 Å². The molecule has 0 amide bonds. The molecule has 1 aromatic rings. The number of hydrogen-bond donors (Lipinski definition) is 2. The lowest BCUT2D eigenvalue weighted by Gasteiger charge is -2.36. The highest BCUT2D eigenvalue weighted by Crippen LogP contribution is 2.46. The van der Waals surface area contributed by atoms with E-state index < -0.39 is 35.5 Å². The average Bonchev–Trinajstić information content (AvgIpc) is 3.12. The van der Waals surface area contributed by atoms with Crippen molar-refractivity contribution in [2.24, 2.45) is 16.8 Å². The summed E-state index contributed by atoms with van der Waals surface area (Å²) in [5.74, 6) is -0.822. The molecule has 3 atom stereocenters. The summed E-state index contributed by atoms with van der Waals surface area (Å²) in [6.45, 7) is 0. The van der Waals surface area contributed by atoms with Gasteiger partial charge in [0.1, 0.15) is 11.5 Å². The van der Waals surface area contributed by atoms with Crippen molar-refractivity contribution in [3.05, 3.63) is 23.4 Å². The van der Waals surface area contributed by atoms with Gasteiger partial charge in [0.2, 0.25) is 0 Å². The third kappa shape index (κ3) is 3.07. The number of alkyl halides is 6. The minimum atomic E-state index is -5.03. The number of piperidine rings is 1. The number of halogens is 6. The van der Waals surface area contributed by atoms with Crippen LogP contribution >= 0.6 is 0 Å². The molecular formula is C14H14F6N4O. The first-order valence-electron chi connectivity index (χ1n) is 7.44. The van der Waals surface area contributed by atoms with Gasteiger partial charge in [0.15, 0.2) is 5.84 Å². The Bertz CT molecular complexity index is 669. The highest BCUT2D eigenvalue weighted by atomic mass is 19.4. The Kier molecular flexibility index (Phi) is 3.99. The maximum absolute atomic E-state index is 13.0. The second-order valence-corrected chi connectivity index (χ2v) is 6.20.